The number of alkyl carbamates (subject to hydrolysis) is 1. The monoisotopic (exact) mass is 537 g/mol. The molecule has 0 aromatic rings. The molecule has 11 heteroatoms. The molecule has 0 aromatic carbocycles. The van der Waals surface area contributed by atoms with Crippen LogP contribution in [0.5, 0.6) is 0 Å². The molecule has 0 aromatic heterocycles. The zero-order chi connectivity index (χ0) is 26.6. The van der Waals surface area contributed by atoms with Crippen LogP contribution in [0.15, 0.2) is 50.8 Å². The smallest absolute Gasteiger partial charge is 0.407 e. The molecule has 2 saturated heterocycles. The van der Waals surface area contributed by atoms with Crippen LogP contribution in [0.2, 0.25) is 0 Å². The third-order valence-corrected chi connectivity index (χ3v) is 8.39. The first-order valence-electron chi connectivity index (χ1n) is 14.3. The summed E-state index contributed by atoms with van der Waals surface area (Å²) in [6.07, 6.45) is 15.1. The fourth-order valence-corrected chi connectivity index (χ4v) is 6.21. The number of allylic oxidation sites excluding steroid dienone is 3. The molecule has 3 fully saturated rings. The number of carbonyl (C=O) groups excluding carboxylic acids is 1. The first kappa shape index (κ1) is 26.1. The predicted octanol–water partition coefficient (Wildman–Crippen LogP) is 2.50. The highest BCUT2D eigenvalue weighted by molar-refractivity contribution is 5.87. The van der Waals surface area contributed by atoms with E-state index in [-0.39, 0.29) is 30.1 Å². The third-order valence-electron chi connectivity index (χ3n) is 8.39. The number of fused-ring (bicyclic) bond motifs is 1. The Morgan fingerprint density at radius 2 is 2.28 bits per heavy atom. The van der Waals surface area contributed by atoms with Crippen molar-refractivity contribution in [3.05, 3.63) is 35.7 Å². The quantitative estimate of drug-likeness (QED) is 0.456. The van der Waals surface area contributed by atoms with Gasteiger partial charge in [-0.15, -0.1) is 5.10 Å². The summed E-state index contributed by atoms with van der Waals surface area (Å²) in [4.78, 5) is 21.5. The number of amidine groups is 1. The van der Waals surface area contributed by atoms with E-state index in [0.29, 0.717) is 31.5 Å². The van der Waals surface area contributed by atoms with Crippen molar-refractivity contribution >= 4 is 24.0 Å². The van der Waals surface area contributed by atoms with Gasteiger partial charge in [-0.2, -0.15) is 0 Å². The third kappa shape index (κ3) is 6.19. The highest BCUT2D eigenvalue weighted by Gasteiger charge is 2.38. The number of hydrogen-bond donors (Lipinski definition) is 3. The van der Waals surface area contributed by atoms with Crippen molar-refractivity contribution in [2.75, 3.05) is 40.0 Å². The summed E-state index contributed by atoms with van der Waals surface area (Å²) in [5.74, 6) is 2.90. The van der Waals surface area contributed by atoms with Crippen LogP contribution in [0.3, 0.4) is 0 Å². The minimum Gasteiger partial charge on any atom is -0.479 e. The van der Waals surface area contributed by atoms with Crippen molar-refractivity contribution < 1.29 is 19.0 Å². The molecular weight excluding hydrogens is 498 g/mol. The van der Waals surface area contributed by atoms with E-state index in [2.05, 4.69) is 39.4 Å². The van der Waals surface area contributed by atoms with Crippen LogP contribution in [0.4, 0.5) is 4.79 Å². The molecular formula is C28H39N7O4. The first-order valence-corrected chi connectivity index (χ1v) is 14.3. The number of nitrogens with zero attached hydrogens (tertiary/aromatic N) is 4. The molecule has 2 aliphatic carbocycles. The Kier molecular flexibility index (Phi) is 7.96. The van der Waals surface area contributed by atoms with E-state index >= 15 is 0 Å². The molecule has 6 atom stereocenters. The van der Waals surface area contributed by atoms with Gasteiger partial charge in [0.05, 0.1) is 30.5 Å². The van der Waals surface area contributed by atoms with Crippen molar-refractivity contribution in [3.8, 4) is 0 Å². The van der Waals surface area contributed by atoms with Crippen LogP contribution in [-0.2, 0) is 14.2 Å². The molecule has 210 valence electrons. The van der Waals surface area contributed by atoms with E-state index in [0.717, 1.165) is 74.9 Å². The number of rotatable bonds is 7. The van der Waals surface area contributed by atoms with E-state index in [9.17, 15) is 4.79 Å². The molecule has 1 amide bonds. The lowest BCUT2D eigenvalue weighted by Crippen LogP contribution is -2.36. The Morgan fingerprint density at radius 3 is 3.13 bits per heavy atom. The van der Waals surface area contributed by atoms with Crippen molar-refractivity contribution in [2.24, 2.45) is 38.8 Å². The number of carbonyl (C=O) groups is 1. The van der Waals surface area contributed by atoms with Crippen molar-refractivity contribution in [1.82, 2.24) is 21.2 Å². The molecule has 1 saturated carbocycles. The van der Waals surface area contributed by atoms with Crippen molar-refractivity contribution in [1.29, 1.82) is 0 Å². The predicted molar refractivity (Wildman–Crippen MR) is 148 cm³/mol. The second-order valence-electron chi connectivity index (χ2n) is 11.2. The van der Waals surface area contributed by atoms with Gasteiger partial charge >= 0.3 is 6.09 Å². The Labute approximate surface area is 229 Å². The summed E-state index contributed by atoms with van der Waals surface area (Å²) in [5.41, 5.74) is 8.74. The average molecular weight is 538 g/mol. The maximum absolute atomic E-state index is 12.3. The molecule has 0 spiro atoms. The Morgan fingerprint density at radius 1 is 1.33 bits per heavy atom. The van der Waals surface area contributed by atoms with Gasteiger partial charge in [0.25, 0.3) is 0 Å². The number of aliphatic imine (C=N–C) groups is 2. The van der Waals surface area contributed by atoms with Gasteiger partial charge in [-0.25, -0.2) is 15.2 Å². The van der Waals surface area contributed by atoms with Gasteiger partial charge in [0.1, 0.15) is 11.9 Å². The van der Waals surface area contributed by atoms with Crippen LogP contribution in [-0.4, -0.2) is 81.2 Å². The SMILES string of the molecule is CN1N=C(OCC2CCOC2)C2CC=CC(N=C3CC(C4CCC(OC(=O)NCC5C=CC=NC5)C4)NN3)=C21. The fraction of sp³-hybridized carbons (Fsp3) is 0.643. The van der Waals surface area contributed by atoms with Crippen LogP contribution >= 0.6 is 0 Å². The van der Waals surface area contributed by atoms with Crippen LogP contribution in [0.1, 0.15) is 38.5 Å². The first-order chi connectivity index (χ1) is 19.1. The minimum absolute atomic E-state index is 0.0526. The number of amides is 1. The number of hydrazone groups is 1. The standard InChI is InChI=1S/C28H39N7O4/c1-35-26-22(27(34-35)38-17-19-9-11-37-16-19)5-2-6-23(26)31-25-13-24(32-33-25)20-7-8-21(12-20)39-28(36)30-15-18-4-3-10-29-14-18/h2-4,6,10,18-22,24,32H,5,7-9,11-17H2,1H3,(H,30,36)(H,31,33). The summed E-state index contributed by atoms with van der Waals surface area (Å²) >= 11 is 0. The summed E-state index contributed by atoms with van der Waals surface area (Å²) in [6, 6.07) is 0.254. The lowest BCUT2D eigenvalue weighted by Gasteiger charge is -2.21. The maximum Gasteiger partial charge on any atom is 0.407 e. The van der Waals surface area contributed by atoms with Crippen molar-refractivity contribution in [3.63, 3.8) is 0 Å². The number of nitrogens with one attached hydrogen (secondary N) is 3. The Balaban J connectivity index is 0.994. The Hall–Kier alpha value is -3.18. The fourth-order valence-electron chi connectivity index (χ4n) is 6.21. The van der Waals surface area contributed by atoms with E-state index in [1.54, 1.807) is 6.21 Å². The summed E-state index contributed by atoms with van der Waals surface area (Å²) in [5, 5.41) is 9.50. The topological polar surface area (TPSA) is 121 Å². The molecule has 6 aliphatic rings. The van der Waals surface area contributed by atoms with Crippen LogP contribution in [0, 0.1) is 23.7 Å². The second kappa shape index (κ2) is 11.9. The Bertz CT molecular complexity index is 1110. The van der Waals surface area contributed by atoms with E-state index < -0.39 is 0 Å². The number of dihydropyridines is 1. The van der Waals surface area contributed by atoms with Gasteiger partial charge in [0, 0.05) is 57.3 Å². The van der Waals surface area contributed by atoms with E-state index in [4.69, 9.17) is 24.3 Å². The minimum atomic E-state index is -0.335. The van der Waals surface area contributed by atoms with Crippen LogP contribution in [0.25, 0.3) is 0 Å². The van der Waals surface area contributed by atoms with E-state index in [1.165, 1.54) is 0 Å². The van der Waals surface area contributed by atoms with Gasteiger partial charge < -0.3 is 25.0 Å². The van der Waals surface area contributed by atoms with Gasteiger partial charge in [0.2, 0.25) is 5.90 Å². The average Bonchev–Trinajstić information content (AvgIpc) is 3.76. The van der Waals surface area contributed by atoms with Gasteiger partial charge in [-0.1, -0.05) is 12.2 Å². The molecule has 39 heavy (non-hydrogen) atoms. The summed E-state index contributed by atoms with van der Waals surface area (Å²) in [6.45, 7) is 3.49. The highest BCUT2D eigenvalue weighted by Crippen LogP contribution is 2.36. The maximum atomic E-state index is 12.3. The lowest BCUT2D eigenvalue weighted by atomic mass is 9.95. The molecule has 11 nitrogen and oxygen atoms in total. The number of hydrogen-bond acceptors (Lipinski definition) is 9. The zero-order valence-corrected chi connectivity index (χ0v) is 22.6. The molecule has 6 rings (SSSR count). The molecule has 0 bridgehead atoms. The number of ether oxygens (including phenoxy) is 3. The van der Waals surface area contributed by atoms with Crippen LogP contribution < -0.4 is 16.2 Å². The van der Waals surface area contributed by atoms with E-state index in [1.807, 2.05) is 18.1 Å². The van der Waals surface area contributed by atoms with Gasteiger partial charge in [-0.05, 0) is 50.2 Å². The largest absolute Gasteiger partial charge is 0.479 e. The molecule has 6 unspecified atom stereocenters. The summed E-state index contributed by atoms with van der Waals surface area (Å²) < 4.78 is 17.3. The number of hydrazine groups is 1. The lowest BCUT2D eigenvalue weighted by molar-refractivity contribution is 0.0969. The molecule has 3 N–H and O–H groups in total. The molecule has 0 radical (unpaired) electrons. The summed E-state index contributed by atoms with van der Waals surface area (Å²) in [7, 11) is 1.97. The molecule has 4 aliphatic heterocycles. The molecule has 4 heterocycles. The zero-order valence-electron chi connectivity index (χ0n) is 22.6. The van der Waals surface area contributed by atoms with Crippen molar-refractivity contribution in [2.45, 2.75) is 50.7 Å². The second-order valence-corrected chi connectivity index (χ2v) is 11.2. The van der Waals surface area contributed by atoms with Gasteiger partial charge in [-0.3, -0.25) is 10.0 Å². The normalized spacial score (nSPS) is 34.4. The van der Waals surface area contributed by atoms with Gasteiger partial charge in [0.15, 0.2) is 0 Å². The highest BCUT2D eigenvalue weighted by atomic mass is 16.6.